The molecule has 2 heterocycles. The Bertz CT molecular complexity index is 620. The average Bonchev–Trinajstić information content (AvgIpc) is 3.07. The van der Waals surface area contributed by atoms with E-state index in [9.17, 15) is 9.59 Å². The number of aryl methyl sites for hydroxylation is 1. The number of carbonyl (C=O) groups is 2. The van der Waals surface area contributed by atoms with Crippen LogP contribution in [0, 0.1) is 0 Å². The van der Waals surface area contributed by atoms with E-state index in [0.717, 1.165) is 0 Å². The molecule has 2 aromatic rings. The third-order valence-electron chi connectivity index (χ3n) is 2.57. The number of carboxylic acid groups (broad SMARTS) is 1. The number of oxazole rings is 1. The van der Waals surface area contributed by atoms with Crippen LogP contribution in [0.15, 0.2) is 16.2 Å². The molecule has 20 heavy (non-hydrogen) atoms. The summed E-state index contributed by atoms with van der Waals surface area (Å²) in [6.45, 7) is 2.24. The zero-order valence-electron chi connectivity index (χ0n) is 10.8. The van der Waals surface area contributed by atoms with E-state index in [4.69, 9.17) is 9.52 Å². The minimum Gasteiger partial charge on any atom is -0.476 e. The molecule has 0 fully saturated rings. The Labute approximate surface area is 118 Å². The number of carbonyl (C=O) groups excluding carboxylic acids is 1. The fraction of sp³-hybridized carbons (Fsp3) is 0.333. The summed E-state index contributed by atoms with van der Waals surface area (Å²) in [5, 5.41) is 13.6. The lowest BCUT2D eigenvalue weighted by Crippen LogP contribution is -2.26. The lowest BCUT2D eigenvalue weighted by atomic mass is 10.2. The maximum atomic E-state index is 11.8. The van der Waals surface area contributed by atoms with Gasteiger partial charge in [0.25, 0.3) is 5.91 Å². The lowest BCUT2D eigenvalue weighted by molar-refractivity contribution is 0.0690. The Morgan fingerprint density at radius 1 is 1.50 bits per heavy atom. The Hall–Kier alpha value is -2.22. The van der Waals surface area contributed by atoms with Crippen LogP contribution in [0.1, 0.15) is 38.7 Å². The van der Waals surface area contributed by atoms with Gasteiger partial charge in [-0.1, -0.05) is 6.92 Å². The summed E-state index contributed by atoms with van der Waals surface area (Å²) in [6, 6.07) is 0. The van der Waals surface area contributed by atoms with E-state index in [2.05, 4.69) is 15.3 Å². The number of hydrogen-bond acceptors (Lipinski definition) is 6. The van der Waals surface area contributed by atoms with E-state index in [1.807, 2.05) is 6.92 Å². The first-order valence-corrected chi connectivity index (χ1v) is 6.88. The highest BCUT2D eigenvalue weighted by Crippen LogP contribution is 2.10. The van der Waals surface area contributed by atoms with Crippen molar-refractivity contribution in [2.75, 3.05) is 6.54 Å². The molecule has 0 spiro atoms. The minimum absolute atomic E-state index is 0.0288. The zero-order valence-corrected chi connectivity index (χ0v) is 11.6. The summed E-state index contributed by atoms with van der Waals surface area (Å²) in [6.07, 6.45) is 2.31. The van der Waals surface area contributed by atoms with Gasteiger partial charge in [-0.2, -0.15) is 0 Å². The standard InChI is InChI=1S/C12H13N3O4S/c1-2-8-10(14-6-19-8)11(16)13-4-3-9-15-7(5-20-9)12(17)18/h5-6H,2-4H2,1H3,(H,13,16)(H,17,18). The second-order valence-electron chi connectivity index (χ2n) is 3.92. The molecule has 0 aliphatic heterocycles. The third kappa shape index (κ3) is 3.21. The first kappa shape index (κ1) is 14.2. The average molecular weight is 295 g/mol. The molecule has 0 atom stereocenters. The largest absolute Gasteiger partial charge is 0.476 e. The SMILES string of the molecule is CCc1ocnc1C(=O)NCCc1nc(C(=O)O)cs1. The van der Waals surface area contributed by atoms with E-state index >= 15 is 0 Å². The number of nitrogens with one attached hydrogen (secondary N) is 1. The van der Waals surface area contributed by atoms with Crippen LogP contribution in [-0.4, -0.2) is 33.5 Å². The monoisotopic (exact) mass is 295 g/mol. The number of amides is 1. The van der Waals surface area contributed by atoms with Crippen molar-refractivity contribution in [2.45, 2.75) is 19.8 Å². The summed E-state index contributed by atoms with van der Waals surface area (Å²) in [4.78, 5) is 30.3. The fourth-order valence-corrected chi connectivity index (χ4v) is 2.37. The summed E-state index contributed by atoms with van der Waals surface area (Å²) >= 11 is 1.26. The van der Waals surface area contributed by atoms with Crippen LogP contribution in [0.5, 0.6) is 0 Å². The van der Waals surface area contributed by atoms with Gasteiger partial charge >= 0.3 is 5.97 Å². The van der Waals surface area contributed by atoms with Gasteiger partial charge in [0, 0.05) is 24.8 Å². The Balaban J connectivity index is 1.86. The van der Waals surface area contributed by atoms with Gasteiger partial charge in [0.05, 0.1) is 5.01 Å². The van der Waals surface area contributed by atoms with Crippen LogP contribution in [0.2, 0.25) is 0 Å². The smallest absolute Gasteiger partial charge is 0.355 e. The van der Waals surface area contributed by atoms with E-state index in [1.165, 1.54) is 23.1 Å². The highest BCUT2D eigenvalue weighted by Gasteiger charge is 2.15. The van der Waals surface area contributed by atoms with Crippen molar-refractivity contribution in [2.24, 2.45) is 0 Å². The molecule has 0 bridgehead atoms. The molecular formula is C12H13N3O4S. The molecule has 0 saturated carbocycles. The van der Waals surface area contributed by atoms with Crippen molar-refractivity contribution in [3.8, 4) is 0 Å². The predicted octanol–water partition coefficient (Wildman–Crippen LogP) is 1.36. The summed E-state index contributed by atoms with van der Waals surface area (Å²) < 4.78 is 5.08. The van der Waals surface area contributed by atoms with Crippen LogP contribution in [0.25, 0.3) is 0 Å². The lowest BCUT2D eigenvalue weighted by Gasteiger charge is -2.02. The first-order chi connectivity index (χ1) is 9.61. The van der Waals surface area contributed by atoms with E-state index < -0.39 is 5.97 Å². The van der Waals surface area contributed by atoms with Crippen molar-refractivity contribution in [1.82, 2.24) is 15.3 Å². The first-order valence-electron chi connectivity index (χ1n) is 6.00. The van der Waals surface area contributed by atoms with Gasteiger partial charge in [0.2, 0.25) is 0 Å². The molecule has 0 radical (unpaired) electrons. The topological polar surface area (TPSA) is 105 Å². The highest BCUT2D eigenvalue weighted by atomic mass is 32.1. The summed E-state index contributed by atoms with van der Waals surface area (Å²) in [5.41, 5.74) is 0.318. The van der Waals surface area contributed by atoms with Crippen LogP contribution >= 0.6 is 11.3 Å². The molecule has 2 N–H and O–H groups in total. The number of carboxylic acids is 1. The van der Waals surface area contributed by atoms with Crippen molar-refractivity contribution in [3.63, 3.8) is 0 Å². The number of thiazole rings is 1. The number of nitrogens with zero attached hydrogens (tertiary/aromatic N) is 2. The number of aromatic nitrogens is 2. The Morgan fingerprint density at radius 3 is 2.95 bits per heavy atom. The zero-order chi connectivity index (χ0) is 14.5. The van der Waals surface area contributed by atoms with Gasteiger partial charge in [0.15, 0.2) is 17.8 Å². The van der Waals surface area contributed by atoms with Crippen molar-refractivity contribution in [1.29, 1.82) is 0 Å². The van der Waals surface area contributed by atoms with Crippen LogP contribution < -0.4 is 5.32 Å². The van der Waals surface area contributed by atoms with Gasteiger partial charge in [-0.3, -0.25) is 4.79 Å². The molecule has 1 amide bonds. The van der Waals surface area contributed by atoms with Crippen molar-refractivity contribution >= 4 is 23.2 Å². The predicted molar refractivity (Wildman–Crippen MR) is 71.0 cm³/mol. The fourth-order valence-electron chi connectivity index (χ4n) is 1.60. The summed E-state index contributed by atoms with van der Waals surface area (Å²) in [5.74, 6) is -0.803. The van der Waals surface area contributed by atoms with Crippen LogP contribution in [0.3, 0.4) is 0 Å². The third-order valence-corrected chi connectivity index (χ3v) is 3.48. The van der Waals surface area contributed by atoms with Gasteiger partial charge < -0.3 is 14.8 Å². The van der Waals surface area contributed by atoms with Crippen LogP contribution in [0.4, 0.5) is 0 Å². The molecule has 0 saturated heterocycles. The number of hydrogen-bond donors (Lipinski definition) is 2. The second-order valence-corrected chi connectivity index (χ2v) is 4.86. The molecule has 2 aromatic heterocycles. The van der Waals surface area contributed by atoms with Gasteiger partial charge in [-0.25, -0.2) is 14.8 Å². The molecule has 0 unspecified atom stereocenters. The maximum Gasteiger partial charge on any atom is 0.355 e. The quantitative estimate of drug-likeness (QED) is 0.833. The molecule has 0 aliphatic carbocycles. The van der Waals surface area contributed by atoms with Gasteiger partial charge in [-0.05, 0) is 0 Å². The Kier molecular flexibility index (Phi) is 4.46. The van der Waals surface area contributed by atoms with Crippen molar-refractivity contribution < 1.29 is 19.1 Å². The van der Waals surface area contributed by atoms with Crippen LogP contribution in [-0.2, 0) is 12.8 Å². The van der Waals surface area contributed by atoms with Crippen molar-refractivity contribution in [3.05, 3.63) is 33.9 Å². The van der Waals surface area contributed by atoms with Gasteiger partial charge in [-0.15, -0.1) is 11.3 Å². The molecular weight excluding hydrogens is 282 g/mol. The molecule has 2 rings (SSSR count). The number of rotatable bonds is 6. The molecule has 0 aliphatic rings. The Morgan fingerprint density at radius 2 is 2.30 bits per heavy atom. The second kappa shape index (κ2) is 6.29. The normalized spacial score (nSPS) is 10.4. The molecule has 0 aromatic carbocycles. The summed E-state index contributed by atoms with van der Waals surface area (Å²) in [7, 11) is 0. The highest BCUT2D eigenvalue weighted by molar-refractivity contribution is 7.09. The van der Waals surface area contributed by atoms with Gasteiger partial charge in [0.1, 0.15) is 5.76 Å². The van der Waals surface area contributed by atoms with E-state index in [1.54, 1.807) is 0 Å². The molecule has 106 valence electrons. The molecule has 8 heteroatoms. The van der Waals surface area contributed by atoms with E-state index in [0.29, 0.717) is 30.2 Å². The maximum absolute atomic E-state index is 11.8. The molecule has 7 nitrogen and oxygen atoms in total. The minimum atomic E-state index is -1.05. The van der Waals surface area contributed by atoms with E-state index in [-0.39, 0.29) is 17.3 Å². The number of aromatic carboxylic acids is 1.